The molecule has 0 saturated heterocycles. The van der Waals surface area contributed by atoms with Crippen LogP contribution in [0, 0.1) is 11.8 Å². The predicted octanol–water partition coefficient (Wildman–Crippen LogP) is 14.8. The summed E-state index contributed by atoms with van der Waals surface area (Å²) in [7, 11) is 1.50. The molecule has 2 heteroatoms. The van der Waals surface area contributed by atoms with E-state index in [0.29, 0.717) is 11.8 Å². The van der Waals surface area contributed by atoms with Gasteiger partial charge in [-0.2, -0.15) is 0 Å². The molecule has 0 bridgehead atoms. The first-order valence-corrected chi connectivity index (χ1v) is 20.1. The standard InChI is InChI=1S/C52H41N.C2H6.CH5N/c1-5-34(6-2)36-14-16-40-30-42(19-18-38(40)28-36)44-22-25-48-46(32-44)24-27-50-49-26-23-45(33-51(49)53(52(48)50)47-12-10-9-11-13-47)43-21-20-39-29-37(35(7-3)8-4)15-17-41(39)31-43;2*1-2/h5-33,39,41H,1,3H2,2,4H3;1-2H3;2H2,1H3/b34-6+,35-8+;;. The lowest BCUT2D eigenvalue weighted by atomic mass is 9.79. The minimum Gasteiger partial charge on any atom is -0.333 e. The molecule has 282 valence electrons. The summed E-state index contributed by atoms with van der Waals surface area (Å²) < 4.78 is 2.46. The summed E-state index contributed by atoms with van der Waals surface area (Å²) in [6, 6.07) is 42.8. The summed E-state index contributed by atoms with van der Waals surface area (Å²) in [6.07, 6.45) is 22.2. The molecule has 0 aliphatic heterocycles. The van der Waals surface area contributed by atoms with Crippen LogP contribution in [-0.2, 0) is 0 Å². The average molecular weight is 741 g/mol. The Kier molecular flexibility index (Phi) is 11.6. The number of benzene rings is 6. The van der Waals surface area contributed by atoms with Crippen LogP contribution >= 0.6 is 0 Å². The van der Waals surface area contributed by atoms with Gasteiger partial charge in [0.05, 0.1) is 11.0 Å². The van der Waals surface area contributed by atoms with Gasteiger partial charge in [0.15, 0.2) is 0 Å². The van der Waals surface area contributed by atoms with Gasteiger partial charge in [-0.3, -0.25) is 0 Å². The zero-order valence-electron chi connectivity index (χ0n) is 33.8. The third kappa shape index (κ3) is 7.21. The number of para-hydroxylation sites is 1. The van der Waals surface area contributed by atoms with Crippen LogP contribution < -0.4 is 5.73 Å². The predicted molar refractivity (Wildman–Crippen MR) is 252 cm³/mol. The molecule has 2 N–H and O–H groups in total. The highest BCUT2D eigenvalue weighted by Gasteiger charge is 2.23. The van der Waals surface area contributed by atoms with Crippen LogP contribution in [0.3, 0.4) is 0 Å². The Bertz CT molecular complexity index is 2830. The summed E-state index contributed by atoms with van der Waals surface area (Å²) >= 11 is 0. The number of hydrogen-bond donors (Lipinski definition) is 1. The fourth-order valence-electron chi connectivity index (χ4n) is 8.38. The van der Waals surface area contributed by atoms with Crippen LogP contribution in [0.2, 0.25) is 0 Å². The summed E-state index contributed by atoms with van der Waals surface area (Å²) in [5.74, 6) is 0.680. The quantitative estimate of drug-likeness (QED) is 0.162. The van der Waals surface area contributed by atoms with Gasteiger partial charge in [-0.25, -0.2) is 0 Å². The molecular formula is C55H52N2. The van der Waals surface area contributed by atoms with Gasteiger partial charge in [0.1, 0.15) is 0 Å². The topological polar surface area (TPSA) is 30.9 Å². The number of rotatable bonds is 7. The molecule has 7 aromatic rings. The lowest BCUT2D eigenvalue weighted by Gasteiger charge is -2.26. The summed E-state index contributed by atoms with van der Waals surface area (Å²) in [6.45, 7) is 16.1. The number of nitrogens with two attached hydrogens (primary N) is 1. The van der Waals surface area contributed by atoms with Crippen LogP contribution in [0.15, 0.2) is 200 Å². The van der Waals surface area contributed by atoms with Gasteiger partial charge >= 0.3 is 0 Å². The maximum Gasteiger partial charge on any atom is 0.0619 e. The van der Waals surface area contributed by atoms with E-state index in [0.717, 1.165) is 11.3 Å². The molecule has 0 amide bonds. The molecule has 2 nitrogen and oxygen atoms in total. The number of hydrogen-bond acceptors (Lipinski definition) is 1. The first kappa shape index (κ1) is 38.8. The molecule has 2 unspecified atom stereocenters. The molecule has 1 heterocycles. The van der Waals surface area contributed by atoms with E-state index < -0.39 is 0 Å². The Morgan fingerprint density at radius 3 is 1.91 bits per heavy atom. The molecule has 2 atom stereocenters. The molecule has 2 aliphatic rings. The SMILES string of the molecule is C=C/C(=C\C)C1=CC2C=CC(c3ccc4c5ccc6cc(-c7ccc8cc(/C(C=C)=C/C)ccc8c7)ccc6c5n(-c5ccccc5)c4c3)=CC2C=C1.CC.CN. The van der Waals surface area contributed by atoms with Gasteiger partial charge in [-0.15, -0.1) is 0 Å². The Morgan fingerprint density at radius 2 is 1.18 bits per heavy atom. The minimum atomic E-state index is 0.332. The molecule has 57 heavy (non-hydrogen) atoms. The Balaban J connectivity index is 0.00000120. The van der Waals surface area contributed by atoms with E-state index >= 15 is 0 Å². The van der Waals surface area contributed by atoms with Crippen molar-refractivity contribution in [3.8, 4) is 16.8 Å². The Morgan fingerprint density at radius 1 is 0.579 bits per heavy atom. The molecule has 0 spiro atoms. The van der Waals surface area contributed by atoms with Crippen molar-refractivity contribution in [2.24, 2.45) is 17.6 Å². The number of aromatic nitrogens is 1. The molecule has 0 radical (unpaired) electrons. The smallest absolute Gasteiger partial charge is 0.0619 e. The first-order valence-electron chi connectivity index (χ1n) is 20.1. The zero-order valence-corrected chi connectivity index (χ0v) is 33.8. The molecule has 2 aliphatic carbocycles. The highest BCUT2D eigenvalue weighted by atomic mass is 15.0. The third-order valence-electron chi connectivity index (χ3n) is 11.2. The molecular weight excluding hydrogens is 689 g/mol. The zero-order chi connectivity index (χ0) is 40.1. The number of fused-ring (bicyclic) bond motifs is 7. The molecule has 6 aromatic carbocycles. The van der Waals surface area contributed by atoms with E-state index in [1.54, 1.807) is 0 Å². The largest absolute Gasteiger partial charge is 0.333 e. The van der Waals surface area contributed by atoms with Crippen molar-refractivity contribution in [2.45, 2.75) is 27.7 Å². The van der Waals surface area contributed by atoms with E-state index in [1.807, 2.05) is 26.0 Å². The van der Waals surface area contributed by atoms with E-state index in [4.69, 9.17) is 0 Å². The van der Waals surface area contributed by atoms with Gasteiger partial charge in [-0.05, 0) is 118 Å². The average Bonchev–Trinajstić information content (AvgIpc) is 3.62. The van der Waals surface area contributed by atoms with Crippen LogP contribution in [0.1, 0.15) is 38.8 Å². The van der Waals surface area contributed by atoms with Gasteiger partial charge in [0, 0.05) is 33.7 Å². The third-order valence-corrected chi connectivity index (χ3v) is 11.2. The van der Waals surface area contributed by atoms with Gasteiger partial charge in [0.2, 0.25) is 0 Å². The number of nitrogens with zero attached hydrogens (tertiary/aromatic N) is 1. The van der Waals surface area contributed by atoms with Crippen LogP contribution in [0.25, 0.3) is 71.3 Å². The van der Waals surface area contributed by atoms with Crippen LogP contribution in [-0.4, -0.2) is 11.6 Å². The molecule has 0 fully saturated rings. The van der Waals surface area contributed by atoms with E-state index in [9.17, 15) is 0 Å². The van der Waals surface area contributed by atoms with Crippen molar-refractivity contribution in [1.82, 2.24) is 4.57 Å². The maximum absolute atomic E-state index is 4.50. The summed E-state index contributed by atoms with van der Waals surface area (Å²) in [5.41, 5.74) is 17.8. The number of allylic oxidation sites excluding steroid dienone is 14. The van der Waals surface area contributed by atoms with E-state index in [2.05, 4.69) is 201 Å². The minimum absolute atomic E-state index is 0.332. The monoisotopic (exact) mass is 740 g/mol. The van der Waals surface area contributed by atoms with Crippen molar-refractivity contribution < 1.29 is 0 Å². The first-order chi connectivity index (χ1) is 28.1. The van der Waals surface area contributed by atoms with Crippen molar-refractivity contribution in [3.63, 3.8) is 0 Å². The second-order valence-corrected chi connectivity index (χ2v) is 14.1. The summed E-state index contributed by atoms with van der Waals surface area (Å²) in [4.78, 5) is 0. The van der Waals surface area contributed by atoms with Crippen LogP contribution in [0.5, 0.6) is 0 Å². The van der Waals surface area contributed by atoms with Crippen molar-refractivity contribution in [2.75, 3.05) is 7.05 Å². The van der Waals surface area contributed by atoms with E-state index in [-0.39, 0.29) is 0 Å². The second-order valence-electron chi connectivity index (χ2n) is 14.1. The fourth-order valence-corrected chi connectivity index (χ4v) is 8.38. The second kappa shape index (κ2) is 17.1. The lowest BCUT2D eigenvalue weighted by molar-refractivity contribution is 0.658. The van der Waals surface area contributed by atoms with Crippen molar-refractivity contribution in [3.05, 3.63) is 211 Å². The fraction of sp³-hybridized carbons (Fsp3) is 0.127. The Labute approximate surface area is 338 Å². The lowest BCUT2D eigenvalue weighted by Crippen LogP contribution is -2.13. The normalized spacial score (nSPS) is 16.3. The van der Waals surface area contributed by atoms with Crippen LogP contribution in [0.4, 0.5) is 0 Å². The molecule has 0 saturated carbocycles. The summed E-state index contributed by atoms with van der Waals surface area (Å²) in [5, 5.41) is 7.46. The van der Waals surface area contributed by atoms with Gasteiger partial charge in [0.25, 0.3) is 0 Å². The van der Waals surface area contributed by atoms with Gasteiger partial charge < -0.3 is 10.3 Å². The van der Waals surface area contributed by atoms with Crippen molar-refractivity contribution in [1.29, 1.82) is 0 Å². The maximum atomic E-state index is 4.50. The highest BCUT2D eigenvalue weighted by Crippen LogP contribution is 2.41. The molecule has 1 aromatic heterocycles. The molecule has 9 rings (SSSR count). The van der Waals surface area contributed by atoms with Crippen molar-refractivity contribution >= 4 is 54.5 Å². The van der Waals surface area contributed by atoms with Gasteiger partial charge in [-0.1, -0.05) is 167 Å². The van der Waals surface area contributed by atoms with E-state index in [1.165, 1.54) is 89.4 Å². The highest BCUT2D eigenvalue weighted by molar-refractivity contribution is 6.19. The Hall–Kier alpha value is -6.48.